The van der Waals surface area contributed by atoms with Gasteiger partial charge in [-0.05, 0) is 45.1 Å². The topological polar surface area (TPSA) is 26.3 Å². The van der Waals surface area contributed by atoms with Crippen molar-refractivity contribution in [3.8, 4) is 0 Å². The number of carbonyl (C=O) groups excluding carboxylic acids is 1. The van der Waals surface area contributed by atoms with Gasteiger partial charge in [0.1, 0.15) is 0 Å². The molecule has 0 aliphatic rings. The summed E-state index contributed by atoms with van der Waals surface area (Å²) < 4.78 is 5.22. The van der Waals surface area contributed by atoms with Crippen molar-refractivity contribution in [3.63, 3.8) is 0 Å². The van der Waals surface area contributed by atoms with Crippen molar-refractivity contribution >= 4 is 19.2 Å². The van der Waals surface area contributed by atoms with Gasteiger partial charge < -0.3 is 4.74 Å². The largest absolute Gasteiger partial charge is 0.466 e. The summed E-state index contributed by atoms with van der Waals surface area (Å²) in [4.78, 5) is 12.1. The van der Waals surface area contributed by atoms with Gasteiger partial charge in [0.05, 0.1) is 20.1 Å². The molecule has 0 aromatic heterocycles. The predicted octanol–water partition coefficient (Wildman–Crippen LogP) is 4.70. The van der Waals surface area contributed by atoms with Crippen LogP contribution < -0.4 is 5.19 Å². The normalized spacial score (nSPS) is 13.8. The maximum Gasteiger partial charge on any atom is 0.311 e. The molecule has 0 amide bonds. The highest BCUT2D eigenvalue weighted by molar-refractivity contribution is 6.88. The third-order valence-corrected chi connectivity index (χ3v) is 6.39. The lowest BCUT2D eigenvalue weighted by molar-refractivity contribution is -0.154. The van der Waals surface area contributed by atoms with Crippen LogP contribution in [-0.2, 0) is 9.53 Å². The Labute approximate surface area is 137 Å². The summed E-state index contributed by atoms with van der Waals surface area (Å²) in [5.74, 6) is 0.308. The van der Waals surface area contributed by atoms with Gasteiger partial charge in [-0.2, -0.15) is 0 Å². The quantitative estimate of drug-likeness (QED) is 0.537. The second kappa shape index (κ2) is 7.45. The molecule has 0 bridgehead atoms. The first kappa shape index (κ1) is 19.0. The van der Waals surface area contributed by atoms with Crippen molar-refractivity contribution in [2.24, 2.45) is 5.41 Å². The maximum atomic E-state index is 12.1. The zero-order chi connectivity index (χ0) is 17.0. The molecule has 1 aromatic rings. The van der Waals surface area contributed by atoms with E-state index in [0.717, 1.165) is 12.8 Å². The van der Waals surface area contributed by atoms with Crippen LogP contribution in [0.3, 0.4) is 0 Å². The maximum absolute atomic E-state index is 12.1. The molecule has 1 rings (SSSR count). The molecule has 3 heteroatoms. The Morgan fingerprint density at radius 3 is 2.09 bits per heavy atom. The molecule has 1 aromatic carbocycles. The Balaban J connectivity index is 2.90. The van der Waals surface area contributed by atoms with E-state index < -0.39 is 13.5 Å². The Bertz CT molecular complexity index is 483. The van der Waals surface area contributed by atoms with Gasteiger partial charge in [0.25, 0.3) is 0 Å². The van der Waals surface area contributed by atoms with Crippen molar-refractivity contribution in [2.75, 3.05) is 6.61 Å². The van der Waals surface area contributed by atoms with Crippen LogP contribution in [0, 0.1) is 5.41 Å². The van der Waals surface area contributed by atoms with Crippen molar-refractivity contribution in [1.82, 2.24) is 0 Å². The summed E-state index contributed by atoms with van der Waals surface area (Å²) in [7, 11) is -1.25. The SMILES string of the molecule is CCOC(=O)C(C)(C)CC(CC)c1ccc([Si](C)(C)C)cc1. The monoisotopic (exact) mass is 320 g/mol. The smallest absolute Gasteiger partial charge is 0.311 e. The van der Waals surface area contributed by atoms with E-state index in [9.17, 15) is 4.79 Å². The molecule has 0 N–H and O–H groups in total. The summed E-state index contributed by atoms with van der Waals surface area (Å²) >= 11 is 0. The number of rotatable bonds is 7. The lowest BCUT2D eigenvalue weighted by atomic mass is 9.79. The molecule has 0 heterocycles. The minimum absolute atomic E-state index is 0.0906. The van der Waals surface area contributed by atoms with E-state index in [0.29, 0.717) is 12.5 Å². The third kappa shape index (κ3) is 4.98. The van der Waals surface area contributed by atoms with Crippen LogP contribution in [0.2, 0.25) is 19.6 Å². The van der Waals surface area contributed by atoms with E-state index >= 15 is 0 Å². The fourth-order valence-electron chi connectivity index (χ4n) is 2.78. The van der Waals surface area contributed by atoms with E-state index in [1.54, 1.807) is 0 Å². The van der Waals surface area contributed by atoms with E-state index in [1.807, 2.05) is 20.8 Å². The molecule has 0 aliphatic heterocycles. The molecule has 0 radical (unpaired) electrons. The minimum Gasteiger partial charge on any atom is -0.466 e. The number of hydrogen-bond acceptors (Lipinski definition) is 2. The van der Waals surface area contributed by atoms with Crippen molar-refractivity contribution in [2.45, 2.75) is 66.1 Å². The molecular formula is C19H32O2Si. The van der Waals surface area contributed by atoms with Crippen LogP contribution in [0.25, 0.3) is 0 Å². The molecule has 1 unspecified atom stereocenters. The molecule has 0 aliphatic carbocycles. The zero-order valence-corrected chi connectivity index (χ0v) is 16.3. The van der Waals surface area contributed by atoms with E-state index in [2.05, 4.69) is 50.8 Å². The van der Waals surface area contributed by atoms with Crippen molar-refractivity contribution < 1.29 is 9.53 Å². The van der Waals surface area contributed by atoms with Gasteiger partial charge in [0.2, 0.25) is 0 Å². The second-order valence-electron chi connectivity index (χ2n) is 7.79. The Morgan fingerprint density at radius 2 is 1.68 bits per heavy atom. The predicted molar refractivity (Wildman–Crippen MR) is 97.5 cm³/mol. The van der Waals surface area contributed by atoms with Gasteiger partial charge in [0.15, 0.2) is 0 Å². The lowest BCUT2D eigenvalue weighted by Crippen LogP contribution is -2.37. The molecule has 0 saturated heterocycles. The Morgan fingerprint density at radius 1 is 1.14 bits per heavy atom. The molecule has 2 nitrogen and oxygen atoms in total. The summed E-state index contributed by atoms with van der Waals surface area (Å²) in [5.41, 5.74) is 0.899. The van der Waals surface area contributed by atoms with Gasteiger partial charge in [-0.15, -0.1) is 0 Å². The van der Waals surface area contributed by atoms with Gasteiger partial charge in [-0.1, -0.05) is 56.0 Å². The fourth-order valence-corrected chi connectivity index (χ4v) is 3.95. The number of carbonyl (C=O) groups is 1. The highest BCUT2D eigenvalue weighted by Gasteiger charge is 2.32. The third-order valence-electron chi connectivity index (χ3n) is 4.33. The van der Waals surface area contributed by atoms with E-state index in [4.69, 9.17) is 4.74 Å². The average Bonchev–Trinajstić information content (AvgIpc) is 2.44. The van der Waals surface area contributed by atoms with Crippen LogP contribution >= 0.6 is 0 Å². The minimum atomic E-state index is -1.25. The Kier molecular flexibility index (Phi) is 6.42. The van der Waals surface area contributed by atoms with Gasteiger partial charge in [0, 0.05) is 0 Å². The second-order valence-corrected chi connectivity index (χ2v) is 12.9. The molecule has 22 heavy (non-hydrogen) atoms. The molecule has 124 valence electrons. The van der Waals surface area contributed by atoms with Crippen LogP contribution in [0.1, 0.15) is 52.0 Å². The standard InChI is InChI=1S/C19H32O2Si/c1-8-15(14-19(3,4)18(20)21-9-2)16-10-12-17(13-11-16)22(5,6)7/h10-13,15H,8-9,14H2,1-7H3. The van der Waals surface area contributed by atoms with Crippen LogP contribution in [0.5, 0.6) is 0 Å². The number of benzene rings is 1. The first-order valence-corrected chi connectivity index (χ1v) is 11.9. The van der Waals surface area contributed by atoms with E-state index in [-0.39, 0.29) is 5.97 Å². The van der Waals surface area contributed by atoms with Crippen molar-refractivity contribution in [1.29, 1.82) is 0 Å². The van der Waals surface area contributed by atoms with Crippen LogP contribution in [0.4, 0.5) is 0 Å². The highest BCUT2D eigenvalue weighted by atomic mass is 28.3. The summed E-state index contributed by atoms with van der Waals surface area (Å²) in [6, 6.07) is 9.06. The number of esters is 1. The van der Waals surface area contributed by atoms with Crippen LogP contribution in [0.15, 0.2) is 24.3 Å². The number of hydrogen-bond donors (Lipinski definition) is 0. The lowest BCUT2D eigenvalue weighted by Gasteiger charge is -2.28. The van der Waals surface area contributed by atoms with Gasteiger partial charge >= 0.3 is 5.97 Å². The fraction of sp³-hybridized carbons (Fsp3) is 0.632. The number of ether oxygens (including phenoxy) is 1. The molecular weight excluding hydrogens is 288 g/mol. The van der Waals surface area contributed by atoms with E-state index in [1.165, 1.54) is 10.8 Å². The molecule has 0 saturated carbocycles. The average molecular weight is 321 g/mol. The highest BCUT2D eigenvalue weighted by Crippen LogP contribution is 2.34. The first-order chi connectivity index (χ1) is 10.1. The van der Waals surface area contributed by atoms with Gasteiger partial charge in [-0.25, -0.2) is 0 Å². The Hall–Kier alpha value is -1.09. The zero-order valence-electron chi connectivity index (χ0n) is 15.3. The molecule has 0 spiro atoms. The van der Waals surface area contributed by atoms with Crippen LogP contribution in [-0.4, -0.2) is 20.7 Å². The summed E-state index contributed by atoms with van der Waals surface area (Å²) in [6.45, 7) is 15.6. The molecule has 0 fully saturated rings. The summed E-state index contributed by atoms with van der Waals surface area (Å²) in [6.07, 6.45) is 1.86. The summed E-state index contributed by atoms with van der Waals surface area (Å²) in [5, 5.41) is 1.48. The van der Waals surface area contributed by atoms with Crippen molar-refractivity contribution in [3.05, 3.63) is 29.8 Å². The van der Waals surface area contributed by atoms with Gasteiger partial charge in [-0.3, -0.25) is 4.79 Å². The first-order valence-electron chi connectivity index (χ1n) is 8.39. The molecule has 1 atom stereocenters.